The number of rotatable bonds is 4. The highest BCUT2D eigenvalue weighted by molar-refractivity contribution is 7.17. The van der Waals surface area contributed by atoms with E-state index in [0.29, 0.717) is 6.42 Å². The maximum Gasteiger partial charge on any atom is 0.228 e. The van der Waals surface area contributed by atoms with Crippen LogP contribution in [0.25, 0.3) is 32.0 Å². The van der Waals surface area contributed by atoms with Crippen LogP contribution >= 0.6 is 11.3 Å². The molecule has 5 aromatic rings. The van der Waals surface area contributed by atoms with Crippen molar-refractivity contribution in [1.82, 2.24) is 0 Å². The minimum atomic E-state index is 0.00472. The minimum Gasteiger partial charge on any atom is -0.326 e. The van der Waals surface area contributed by atoms with E-state index in [1.165, 1.54) is 21.2 Å². The number of nitrogens with one attached hydrogen (secondary N) is 1. The van der Waals surface area contributed by atoms with E-state index in [0.717, 1.165) is 22.0 Å². The highest BCUT2D eigenvalue weighted by atomic mass is 32.1. The summed E-state index contributed by atoms with van der Waals surface area (Å²) in [6.45, 7) is 0. The van der Waals surface area contributed by atoms with Crippen molar-refractivity contribution < 1.29 is 4.79 Å². The van der Waals surface area contributed by atoms with E-state index in [4.69, 9.17) is 0 Å². The molecule has 0 aliphatic rings. The molecule has 0 saturated heterocycles. The van der Waals surface area contributed by atoms with E-state index in [2.05, 4.69) is 53.2 Å². The lowest BCUT2D eigenvalue weighted by molar-refractivity contribution is -0.115. The minimum absolute atomic E-state index is 0.00472. The van der Waals surface area contributed by atoms with Gasteiger partial charge in [-0.2, -0.15) is 0 Å². The Bertz CT molecular complexity index is 1320. The van der Waals surface area contributed by atoms with Gasteiger partial charge in [0.2, 0.25) is 5.91 Å². The van der Waals surface area contributed by atoms with Crippen LogP contribution in [0.15, 0.2) is 96.4 Å². The number of anilines is 1. The SMILES string of the molecule is O=C(Cc1csc2ccc(-c3ccccc3)cc12)Nc1ccc2ccccc2c1. The van der Waals surface area contributed by atoms with Crippen LogP contribution in [0.4, 0.5) is 5.69 Å². The average molecular weight is 394 g/mol. The van der Waals surface area contributed by atoms with Gasteiger partial charge in [-0.15, -0.1) is 11.3 Å². The number of thiophene rings is 1. The van der Waals surface area contributed by atoms with E-state index < -0.39 is 0 Å². The van der Waals surface area contributed by atoms with Crippen molar-refractivity contribution in [3.05, 3.63) is 102 Å². The lowest BCUT2D eigenvalue weighted by Crippen LogP contribution is -2.14. The molecule has 0 saturated carbocycles. The zero-order chi connectivity index (χ0) is 19.6. The van der Waals surface area contributed by atoms with Crippen LogP contribution in [-0.2, 0) is 11.2 Å². The van der Waals surface area contributed by atoms with Gasteiger partial charge in [0.15, 0.2) is 0 Å². The molecule has 0 aliphatic carbocycles. The molecule has 2 nitrogen and oxygen atoms in total. The summed E-state index contributed by atoms with van der Waals surface area (Å²) >= 11 is 1.69. The third kappa shape index (κ3) is 3.65. The molecule has 0 radical (unpaired) electrons. The van der Waals surface area contributed by atoms with Gasteiger partial charge < -0.3 is 5.32 Å². The second kappa shape index (κ2) is 7.53. The van der Waals surface area contributed by atoms with Gasteiger partial charge in [0.05, 0.1) is 6.42 Å². The van der Waals surface area contributed by atoms with Gasteiger partial charge >= 0.3 is 0 Å². The normalized spacial score (nSPS) is 11.0. The third-order valence-electron chi connectivity index (χ3n) is 5.15. The van der Waals surface area contributed by atoms with Crippen LogP contribution in [0.5, 0.6) is 0 Å². The van der Waals surface area contributed by atoms with Crippen molar-refractivity contribution in [3.63, 3.8) is 0 Å². The molecule has 29 heavy (non-hydrogen) atoms. The van der Waals surface area contributed by atoms with Crippen molar-refractivity contribution in [3.8, 4) is 11.1 Å². The molecular weight excluding hydrogens is 374 g/mol. The summed E-state index contributed by atoms with van der Waals surface area (Å²) < 4.78 is 1.21. The van der Waals surface area contributed by atoms with Gasteiger partial charge in [0, 0.05) is 10.4 Å². The standard InChI is InChI=1S/C26H19NOS/c28-26(27-23-12-10-19-8-4-5-9-20(19)14-23)16-22-17-29-25-13-11-21(15-24(22)25)18-6-2-1-3-7-18/h1-15,17H,16H2,(H,27,28). The maximum absolute atomic E-state index is 12.7. The third-order valence-corrected chi connectivity index (χ3v) is 6.16. The number of amides is 1. The Balaban J connectivity index is 1.39. The summed E-state index contributed by atoms with van der Waals surface area (Å²) in [5, 5.41) is 8.60. The highest BCUT2D eigenvalue weighted by Crippen LogP contribution is 2.31. The molecule has 140 valence electrons. The van der Waals surface area contributed by atoms with Crippen LogP contribution in [0.1, 0.15) is 5.56 Å². The number of benzene rings is 4. The number of carbonyl (C=O) groups is 1. The fourth-order valence-electron chi connectivity index (χ4n) is 3.67. The number of hydrogen-bond donors (Lipinski definition) is 1. The first-order valence-corrected chi connectivity index (χ1v) is 10.5. The second-order valence-electron chi connectivity index (χ2n) is 7.12. The number of carbonyl (C=O) groups excluding carboxylic acids is 1. The van der Waals surface area contributed by atoms with Gasteiger partial charge in [-0.25, -0.2) is 0 Å². The smallest absolute Gasteiger partial charge is 0.228 e. The molecule has 0 fully saturated rings. The Kier molecular flexibility index (Phi) is 4.59. The largest absolute Gasteiger partial charge is 0.326 e. The molecule has 1 heterocycles. The molecule has 0 unspecified atom stereocenters. The summed E-state index contributed by atoms with van der Waals surface area (Å²) in [6, 6.07) is 31.0. The van der Waals surface area contributed by atoms with Crippen LogP contribution in [-0.4, -0.2) is 5.91 Å². The van der Waals surface area contributed by atoms with Crippen molar-refractivity contribution in [1.29, 1.82) is 0 Å². The van der Waals surface area contributed by atoms with Gasteiger partial charge in [-0.1, -0.05) is 66.7 Å². The fraction of sp³-hybridized carbons (Fsp3) is 0.0385. The first kappa shape index (κ1) is 17.7. The Morgan fingerprint density at radius 3 is 2.41 bits per heavy atom. The molecular formula is C26H19NOS. The quantitative estimate of drug-likeness (QED) is 0.353. The fourth-order valence-corrected chi connectivity index (χ4v) is 4.62. The van der Waals surface area contributed by atoms with E-state index in [1.807, 2.05) is 48.5 Å². The summed E-state index contributed by atoms with van der Waals surface area (Å²) in [5.74, 6) is 0.00472. The zero-order valence-corrected chi connectivity index (χ0v) is 16.6. The van der Waals surface area contributed by atoms with Crippen LogP contribution in [0.3, 0.4) is 0 Å². The van der Waals surface area contributed by atoms with Crippen molar-refractivity contribution in [2.75, 3.05) is 5.32 Å². The van der Waals surface area contributed by atoms with E-state index in [1.54, 1.807) is 11.3 Å². The van der Waals surface area contributed by atoms with Crippen molar-refractivity contribution in [2.24, 2.45) is 0 Å². The molecule has 0 spiro atoms. The van der Waals surface area contributed by atoms with Crippen molar-refractivity contribution >= 4 is 43.8 Å². The predicted molar refractivity (Wildman–Crippen MR) is 124 cm³/mol. The first-order valence-electron chi connectivity index (χ1n) is 9.60. The van der Waals surface area contributed by atoms with Gasteiger partial charge in [0.25, 0.3) is 0 Å². The lowest BCUT2D eigenvalue weighted by atomic mass is 10.0. The van der Waals surface area contributed by atoms with Crippen LogP contribution in [0.2, 0.25) is 0 Å². The second-order valence-corrected chi connectivity index (χ2v) is 8.04. The molecule has 0 atom stereocenters. The van der Waals surface area contributed by atoms with Crippen LogP contribution < -0.4 is 5.32 Å². The number of fused-ring (bicyclic) bond motifs is 2. The zero-order valence-electron chi connectivity index (χ0n) is 15.8. The Labute approximate surface area is 173 Å². The Morgan fingerprint density at radius 2 is 1.55 bits per heavy atom. The predicted octanol–water partition coefficient (Wildman–Crippen LogP) is 6.90. The maximum atomic E-state index is 12.7. The lowest BCUT2D eigenvalue weighted by Gasteiger charge is -2.07. The Morgan fingerprint density at radius 1 is 0.759 bits per heavy atom. The van der Waals surface area contributed by atoms with Crippen molar-refractivity contribution in [2.45, 2.75) is 6.42 Å². The first-order chi connectivity index (χ1) is 14.3. The van der Waals surface area contributed by atoms with E-state index in [9.17, 15) is 4.79 Å². The summed E-state index contributed by atoms with van der Waals surface area (Å²) in [7, 11) is 0. The molecule has 1 aromatic heterocycles. The van der Waals surface area contributed by atoms with Gasteiger partial charge in [0.1, 0.15) is 0 Å². The monoisotopic (exact) mass is 393 g/mol. The topological polar surface area (TPSA) is 29.1 Å². The average Bonchev–Trinajstić information content (AvgIpc) is 3.16. The molecule has 4 aromatic carbocycles. The molecule has 1 amide bonds. The summed E-state index contributed by atoms with van der Waals surface area (Å²) in [6.07, 6.45) is 0.366. The van der Waals surface area contributed by atoms with E-state index >= 15 is 0 Å². The molecule has 0 aliphatic heterocycles. The Hall–Kier alpha value is -3.43. The van der Waals surface area contributed by atoms with Crippen LogP contribution in [0, 0.1) is 0 Å². The number of hydrogen-bond acceptors (Lipinski definition) is 2. The molecule has 3 heteroatoms. The van der Waals surface area contributed by atoms with Gasteiger partial charge in [-0.05, 0) is 62.5 Å². The van der Waals surface area contributed by atoms with E-state index in [-0.39, 0.29) is 5.91 Å². The molecule has 0 bridgehead atoms. The summed E-state index contributed by atoms with van der Waals surface area (Å²) in [4.78, 5) is 12.7. The van der Waals surface area contributed by atoms with Gasteiger partial charge in [-0.3, -0.25) is 4.79 Å². The molecule has 5 rings (SSSR count). The highest BCUT2D eigenvalue weighted by Gasteiger charge is 2.11. The molecule has 1 N–H and O–H groups in total. The summed E-state index contributed by atoms with van der Waals surface area (Å²) in [5.41, 5.74) is 4.26.